The van der Waals surface area contributed by atoms with Gasteiger partial charge in [-0.2, -0.15) is 0 Å². The van der Waals surface area contributed by atoms with E-state index in [-0.39, 0.29) is 0 Å². The Hall–Kier alpha value is -1.71. The molecule has 0 fully saturated rings. The molecule has 4 heteroatoms. The highest BCUT2D eigenvalue weighted by Gasteiger charge is 2.12. The smallest absolute Gasteiger partial charge is 0.252 e. The molecule has 1 atom stereocenters. The summed E-state index contributed by atoms with van der Waals surface area (Å²) in [6.45, 7) is 4.93. The zero-order valence-corrected chi connectivity index (χ0v) is 11.8. The van der Waals surface area contributed by atoms with E-state index in [2.05, 4.69) is 13.8 Å². The van der Waals surface area contributed by atoms with Gasteiger partial charge in [-0.3, -0.25) is 4.79 Å². The molecule has 0 heterocycles. The van der Waals surface area contributed by atoms with Crippen molar-refractivity contribution in [2.75, 3.05) is 12.3 Å². The minimum Gasteiger partial charge on any atom is -0.492 e. The molecule has 106 valence electrons. The summed E-state index contributed by atoms with van der Waals surface area (Å²) in [6.07, 6.45) is 4.58. The van der Waals surface area contributed by atoms with Crippen LogP contribution in [0.3, 0.4) is 0 Å². The van der Waals surface area contributed by atoms with Gasteiger partial charge in [0.2, 0.25) is 0 Å². The zero-order chi connectivity index (χ0) is 14.3. The quantitative estimate of drug-likeness (QED) is 0.708. The molecule has 0 aliphatic carbocycles. The van der Waals surface area contributed by atoms with Crippen molar-refractivity contribution in [3.8, 4) is 5.75 Å². The Morgan fingerprint density at radius 1 is 1.37 bits per heavy atom. The van der Waals surface area contributed by atoms with E-state index >= 15 is 0 Å². The van der Waals surface area contributed by atoms with E-state index in [9.17, 15) is 4.79 Å². The maximum atomic E-state index is 11.3. The summed E-state index contributed by atoms with van der Waals surface area (Å²) in [5.74, 6) is 0.501. The summed E-state index contributed by atoms with van der Waals surface area (Å²) in [4.78, 5) is 11.3. The number of carbonyl (C=O) groups excluding carboxylic acids is 1. The number of unbranched alkanes of at least 4 members (excludes halogenated alkanes) is 1. The largest absolute Gasteiger partial charge is 0.492 e. The molecule has 1 amide bonds. The van der Waals surface area contributed by atoms with Gasteiger partial charge in [0.1, 0.15) is 5.75 Å². The fraction of sp³-hybridized carbons (Fsp3) is 0.533. The number of carbonyl (C=O) groups is 1. The molecule has 0 bridgehead atoms. The number of amides is 1. The maximum absolute atomic E-state index is 11.3. The van der Waals surface area contributed by atoms with Crippen LogP contribution in [0.25, 0.3) is 0 Å². The van der Waals surface area contributed by atoms with E-state index in [0.29, 0.717) is 29.5 Å². The number of primary amides is 1. The molecule has 0 aromatic heterocycles. The van der Waals surface area contributed by atoms with Gasteiger partial charge in [-0.1, -0.05) is 33.1 Å². The highest BCUT2D eigenvalue weighted by atomic mass is 16.5. The van der Waals surface area contributed by atoms with Crippen molar-refractivity contribution in [3.05, 3.63) is 23.8 Å². The molecule has 4 N–H and O–H groups in total. The minimum atomic E-state index is -0.489. The van der Waals surface area contributed by atoms with Gasteiger partial charge in [-0.05, 0) is 24.5 Å². The average molecular weight is 264 g/mol. The third kappa shape index (κ3) is 4.81. The van der Waals surface area contributed by atoms with Gasteiger partial charge in [-0.15, -0.1) is 0 Å². The molecule has 4 nitrogen and oxygen atoms in total. The molecule has 1 unspecified atom stereocenters. The van der Waals surface area contributed by atoms with Crippen molar-refractivity contribution in [3.63, 3.8) is 0 Å². The molecule has 0 radical (unpaired) electrons. The summed E-state index contributed by atoms with van der Waals surface area (Å²) in [5, 5.41) is 0. The molecule has 1 aromatic carbocycles. The number of nitrogens with two attached hydrogens (primary N) is 2. The van der Waals surface area contributed by atoms with Crippen molar-refractivity contribution in [2.24, 2.45) is 11.7 Å². The zero-order valence-electron chi connectivity index (χ0n) is 11.8. The lowest BCUT2D eigenvalue weighted by atomic mass is 10.0. The first-order chi connectivity index (χ1) is 9.08. The van der Waals surface area contributed by atoms with Crippen LogP contribution in [0.15, 0.2) is 18.2 Å². The predicted octanol–water partition coefficient (Wildman–Crippen LogP) is 2.96. The number of ether oxygens (including phenoxy) is 1. The summed E-state index contributed by atoms with van der Waals surface area (Å²) >= 11 is 0. The van der Waals surface area contributed by atoms with Crippen molar-refractivity contribution < 1.29 is 9.53 Å². The fourth-order valence-electron chi connectivity index (χ4n) is 1.97. The summed E-state index contributed by atoms with van der Waals surface area (Å²) < 4.78 is 5.75. The van der Waals surface area contributed by atoms with Crippen molar-refractivity contribution in [2.45, 2.75) is 39.5 Å². The lowest BCUT2D eigenvalue weighted by Crippen LogP contribution is -2.16. The molecule has 0 saturated carbocycles. The lowest BCUT2D eigenvalue weighted by Gasteiger charge is -2.17. The second-order valence-corrected chi connectivity index (χ2v) is 4.85. The van der Waals surface area contributed by atoms with Gasteiger partial charge in [-0.25, -0.2) is 0 Å². The van der Waals surface area contributed by atoms with Crippen LogP contribution in [-0.4, -0.2) is 12.5 Å². The lowest BCUT2D eigenvalue weighted by molar-refractivity contribution is 0.0995. The van der Waals surface area contributed by atoms with Crippen molar-refractivity contribution in [1.29, 1.82) is 0 Å². The van der Waals surface area contributed by atoms with Crippen LogP contribution in [0.1, 0.15) is 49.9 Å². The summed E-state index contributed by atoms with van der Waals surface area (Å²) in [7, 11) is 0. The van der Waals surface area contributed by atoms with Crippen LogP contribution < -0.4 is 16.2 Å². The van der Waals surface area contributed by atoms with Gasteiger partial charge in [0.25, 0.3) is 5.91 Å². The molecule has 0 saturated heterocycles. The van der Waals surface area contributed by atoms with Crippen molar-refractivity contribution >= 4 is 11.6 Å². The van der Waals surface area contributed by atoms with E-state index < -0.39 is 5.91 Å². The van der Waals surface area contributed by atoms with Crippen LogP contribution >= 0.6 is 0 Å². The van der Waals surface area contributed by atoms with Gasteiger partial charge in [0, 0.05) is 11.8 Å². The Labute approximate surface area is 115 Å². The molecule has 0 aliphatic heterocycles. The average Bonchev–Trinajstić information content (AvgIpc) is 2.38. The second kappa shape index (κ2) is 7.67. The number of anilines is 1. The normalized spacial score (nSPS) is 12.1. The maximum Gasteiger partial charge on any atom is 0.252 e. The third-order valence-corrected chi connectivity index (χ3v) is 3.29. The highest BCUT2D eigenvalue weighted by Crippen LogP contribution is 2.23. The molecule has 0 spiro atoms. The third-order valence-electron chi connectivity index (χ3n) is 3.29. The van der Waals surface area contributed by atoms with Crippen molar-refractivity contribution in [1.82, 2.24) is 0 Å². The Balaban J connectivity index is 2.70. The predicted molar refractivity (Wildman–Crippen MR) is 78.2 cm³/mol. The molecular weight excluding hydrogens is 240 g/mol. The van der Waals surface area contributed by atoms with Gasteiger partial charge in [0.05, 0.1) is 12.2 Å². The molecule has 19 heavy (non-hydrogen) atoms. The fourth-order valence-corrected chi connectivity index (χ4v) is 1.97. The van der Waals surface area contributed by atoms with Gasteiger partial charge >= 0.3 is 0 Å². The van der Waals surface area contributed by atoms with Crippen LogP contribution in [0, 0.1) is 5.92 Å². The first kappa shape index (κ1) is 15.3. The topological polar surface area (TPSA) is 78.3 Å². The van der Waals surface area contributed by atoms with Crippen LogP contribution in [0.4, 0.5) is 5.69 Å². The molecular formula is C15H24N2O2. The Morgan fingerprint density at radius 3 is 2.68 bits per heavy atom. The number of hydrogen-bond donors (Lipinski definition) is 2. The first-order valence-electron chi connectivity index (χ1n) is 6.90. The second-order valence-electron chi connectivity index (χ2n) is 4.85. The Morgan fingerprint density at radius 2 is 2.11 bits per heavy atom. The number of rotatable bonds is 8. The SMILES string of the molecule is CCCCC(CC)COc1cc(N)ccc1C(N)=O. The van der Waals surface area contributed by atoms with Crippen LogP contribution in [-0.2, 0) is 0 Å². The van der Waals surface area contributed by atoms with Crippen LogP contribution in [0.5, 0.6) is 5.75 Å². The summed E-state index contributed by atoms with van der Waals surface area (Å²) in [6, 6.07) is 4.92. The van der Waals surface area contributed by atoms with E-state index in [4.69, 9.17) is 16.2 Å². The van der Waals surface area contributed by atoms with E-state index in [1.54, 1.807) is 18.2 Å². The summed E-state index contributed by atoms with van der Waals surface area (Å²) in [5.41, 5.74) is 12.0. The highest BCUT2D eigenvalue weighted by molar-refractivity contribution is 5.96. The molecule has 1 aromatic rings. The van der Waals surface area contributed by atoms with Crippen LogP contribution in [0.2, 0.25) is 0 Å². The van der Waals surface area contributed by atoms with E-state index in [1.807, 2.05) is 0 Å². The Bertz CT molecular complexity index is 419. The van der Waals surface area contributed by atoms with E-state index in [1.165, 1.54) is 12.8 Å². The first-order valence-corrected chi connectivity index (χ1v) is 6.90. The van der Waals surface area contributed by atoms with Gasteiger partial charge in [0.15, 0.2) is 0 Å². The van der Waals surface area contributed by atoms with Gasteiger partial charge < -0.3 is 16.2 Å². The molecule has 0 aliphatic rings. The number of hydrogen-bond acceptors (Lipinski definition) is 3. The monoisotopic (exact) mass is 264 g/mol. The number of benzene rings is 1. The standard InChI is InChI=1S/C15H24N2O2/c1-3-5-6-11(4-2)10-19-14-9-12(16)7-8-13(14)15(17)18/h7-9,11H,3-6,10,16H2,1-2H3,(H2,17,18). The Kier molecular flexibility index (Phi) is 6.19. The molecule has 1 rings (SSSR count). The number of nitrogen functional groups attached to an aromatic ring is 1. The minimum absolute atomic E-state index is 0.388. The van der Waals surface area contributed by atoms with E-state index in [0.717, 1.165) is 12.8 Å².